The molecule has 0 fully saturated rings. The van der Waals surface area contributed by atoms with E-state index in [4.69, 9.17) is 0 Å². The second-order valence-corrected chi connectivity index (χ2v) is 7.74. The van der Waals surface area contributed by atoms with E-state index in [1.165, 1.54) is 0 Å². The lowest BCUT2D eigenvalue weighted by atomic mass is 10.2. The summed E-state index contributed by atoms with van der Waals surface area (Å²) < 4.78 is 4.52. The average molecular weight is 412 g/mol. The van der Waals surface area contributed by atoms with Gasteiger partial charge in [-0.05, 0) is 48.5 Å². The molecule has 1 aromatic carbocycles. The Morgan fingerprint density at radius 3 is 1.72 bits per heavy atom. The molecular weight excluding hydrogens is 396 g/mol. The van der Waals surface area contributed by atoms with Crippen LogP contribution in [-0.2, 0) is 0 Å². The summed E-state index contributed by atoms with van der Waals surface area (Å²) in [6.07, 6.45) is 13.0. The smallest absolute Gasteiger partial charge is 0.0978 e. The number of benzene rings is 1. The van der Waals surface area contributed by atoms with Crippen LogP contribution in [0.25, 0.3) is 55.1 Å². The van der Waals surface area contributed by atoms with E-state index >= 15 is 0 Å². The van der Waals surface area contributed by atoms with Gasteiger partial charge in [-0.2, -0.15) is 0 Å². The molecule has 6 heteroatoms. The summed E-state index contributed by atoms with van der Waals surface area (Å²) in [5.74, 6) is 0. The molecule has 0 bridgehead atoms. The predicted octanol–water partition coefficient (Wildman–Crippen LogP) is 5.46. The zero-order chi connectivity index (χ0) is 21.1. The van der Waals surface area contributed by atoms with Gasteiger partial charge in [0.2, 0.25) is 0 Å². The normalized spacial score (nSPS) is 11.8. The van der Waals surface area contributed by atoms with Crippen LogP contribution in [0.15, 0.2) is 98.0 Å². The third-order valence-corrected chi connectivity index (χ3v) is 6.04. The van der Waals surface area contributed by atoms with Crippen molar-refractivity contribution < 1.29 is 0 Å². The molecule has 6 heterocycles. The number of pyridine rings is 4. The van der Waals surface area contributed by atoms with Crippen LogP contribution in [-0.4, -0.2) is 29.1 Å². The Balaban J connectivity index is 1.55. The van der Waals surface area contributed by atoms with Gasteiger partial charge in [0.15, 0.2) is 0 Å². The molecule has 0 N–H and O–H groups in total. The van der Waals surface area contributed by atoms with Crippen LogP contribution in [0, 0.1) is 0 Å². The summed E-state index contributed by atoms with van der Waals surface area (Å²) in [5.41, 5.74) is 7.45. The van der Waals surface area contributed by atoms with E-state index in [2.05, 4.69) is 71.5 Å². The van der Waals surface area contributed by atoms with Crippen molar-refractivity contribution in [3.8, 4) is 11.4 Å². The molecule has 0 unspecified atom stereocenters. The second-order valence-electron chi connectivity index (χ2n) is 7.74. The number of fused-ring (bicyclic) bond motifs is 6. The molecule has 0 spiro atoms. The van der Waals surface area contributed by atoms with Gasteiger partial charge in [0, 0.05) is 70.9 Å². The summed E-state index contributed by atoms with van der Waals surface area (Å²) in [4.78, 5) is 17.6. The van der Waals surface area contributed by atoms with Gasteiger partial charge < -0.3 is 9.13 Å². The van der Waals surface area contributed by atoms with Crippen molar-refractivity contribution in [3.05, 3.63) is 98.0 Å². The van der Waals surface area contributed by atoms with E-state index in [0.717, 1.165) is 55.1 Å². The zero-order valence-corrected chi connectivity index (χ0v) is 16.9. The number of aromatic nitrogens is 6. The topological polar surface area (TPSA) is 61.4 Å². The van der Waals surface area contributed by atoms with Gasteiger partial charge in [-0.25, -0.2) is 0 Å². The van der Waals surface area contributed by atoms with Crippen LogP contribution in [0.3, 0.4) is 0 Å². The largest absolute Gasteiger partial charge is 0.309 e. The van der Waals surface area contributed by atoms with Crippen molar-refractivity contribution in [2.45, 2.75) is 0 Å². The molecule has 0 aliphatic carbocycles. The number of rotatable bonds is 2. The lowest BCUT2D eigenvalue weighted by Crippen LogP contribution is -1.98. The lowest BCUT2D eigenvalue weighted by Gasteiger charge is -2.12. The van der Waals surface area contributed by atoms with E-state index in [0.29, 0.717) is 0 Å². The fraction of sp³-hybridized carbons (Fsp3) is 0. The second kappa shape index (κ2) is 6.46. The Kier molecular flexibility index (Phi) is 3.46. The van der Waals surface area contributed by atoms with Crippen LogP contribution in [0.4, 0.5) is 0 Å². The molecule has 0 aliphatic rings. The number of nitrogens with zero attached hydrogens (tertiary/aromatic N) is 6. The Hall–Kier alpha value is -4.58. The van der Waals surface area contributed by atoms with E-state index in [1.807, 2.05) is 55.5 Å². The predicted molar refractivity (Wildman–Crippen MR) is 126 cm³/mol. The number of hydrogen-bond acceptors (Lipinski definition) is 4. The maximum atomic E-state index is 4.63. The monoisotopic (exact) mass is 412 g/mol. The van der Waals surface area contributed by atoms with Gasteiger partial charge in [-0.15, -0.1) is 0 Å². The molecule has 0 radical (unpaired) electrons. The van der Waals surface area contributed by atoms with E-state index in [-0.39, 0.29) is 0 Å². The summed E-state index contributed by atoms with van der Waals surface area (Å²) in [6, 6.07) is 18.8. The Bertz CT molecular complexity index is 1560. The molecule has 150 valence electrons. The van der Waals surface area contributed by atoms with Crippen LogP contribution in [0.5, 0.6) is 0 Å². The van der Waals surface area contributed by atoms with Crippen molar-refractivity contribution in [3.63, 3.8) is 0 Å². The van der Waals surface area contributed by atoms with Crippen LogP contribution in [0.2, 0.25) is 0 Å². The summed E-state index contributed by atoms with van der Waals surface area (Å²) in [6.45, 7) is 0. The average Bonchev–Trinajstić information content (AvgIpc) is 3.37. The minimum Gasteiger partial charge on any atom is -0.309 e. The van der Waals surface area contributed by atoms with Gasteiger partial charge >= 0.3 is 0 Å². The first kappa shape index (κ1) is 17.1. The molecule has 6 aromatic heterocycles. The lowest BCUT2D eigenvalue weighted by molar-refractivity contribution is 1.13. The Labute approximate surface area is 182 Å². The molecular formula is C26H16N6. The van der Waals surface area contributed by atoms with Crippen LogP contribution < -0.4 is 0 Å². The fourth-order valence-electron chi connectivity index (χ4n) is 4.72. The highest BCUT2D eigenvalue weighted by atomic mass is 15.0. The third-order valence-electron chi connectivity index (χ3n) is 6.04. The van der Waals surface area contributed by atoms with Gasteiger partial charge in [0.1, 0.15) is 0 Å². The van der Waals surface area contributed by atoms with Gasteiger partial charge in [0.25, 0.3) is 0 Å². The zero-order valence-electron chi connectivity index (χ0n) is 16.9. The van der Waals surface area contributed by atoms with E-state index in [9.17, 15) is 0 Å². The molecule has 0 saturated heterocycles. The SMILES string of the molecule is c1cc(-n2c3ccncc3c3cnccc32)cc(-n2c3ccncc3c3ncccc32)c1. The van der Waals surface area contributed by atoms with Crippen LogP contribution >= 0.6 is 0 Å². The highest BCUT2D eigenvalue weighted by molar-refractivity contribution is 6.09. The molecule has 0 amide bonds. The molecule has 7 aromatic rings. The van der Waals surface area contributed by atoms with Gasteiger partial charge in [-0.1, -0.05) is 6.07 Å². The maximum absolute atomic E-state index is 4.63. The van der Waals surface area contributed by atoms with Crippen molar-refractivity contribution >= 4 is 43.7 Å². The number of hydrogen-bond donors (Lipinski definition) is 0. The third kappa shape index (κ3) is 2.29. The first-order valence-electron chi connectivity index (χ1n) is 10.4. The van der Waals surface area contributed by atoms with Gasteiger partial charge in [-0.3, -0.25) is 19.9 Å². The van der Waals surface area contributed by atoms with Crippen molar-refractivity contribution in [1.82, 2.24) is 29.1 Å². The first-order valence-corrected chi connectivity index (χ1v) is 10.4. The summed E-state index contributed by atoms with van der Waals surface area (Å²) in [5, 5.41) is 3.23. The maximum Gasteiger partial charge on any atom is 0.0978 e. The first-order chi connectivity index (χ1) is 15.9. The minimum absolute atomic E-state index is 0.954. The summed E-state index contributed by atoms with van der Waals surface area (Å²) in [7, 11) is 0. The summed E-state index contributed by atoms with van der Waals surface area (Å²) >= 11 is 0. The molecule has 7 rings (SSSR count). The molecule has 0 aliphatic heterocycles. The fourth-order valence-corrected chi connectivity index (χ4v) is 4.72. The quantitative estimate of drug-likeness (QED) is 0.378. The molecule has 0 saturated carbocycles. The molecule has 32 heavy (non-hydrogen) atoms. The van der Waals surface area contributed by atoms with Crippen LogP contribution in [0.1, 0.15) is 0 Å². The van der Waals surface area contributed by atoms with Crippen molar-refractivity contribution in [2.75, 3.05) is 0 Å². The highest BCUT2D eigenvalue weighted by Crippen LogP contribution is 2.33. The van der Waals surface area contributed by atoms with E-state index in [1.54, 1.807) is 0 Å². The highest BCUT2D eigenvalue weighted by Gasteiger charge is 2.15. The molecule has 0 atom stereocenters. The standard InChI is InChI=1S/C26H16N6/c1-3-17(31-22-6-10-27-14-19(22)20-15-28-11-7-23(20)31)13-18(4-1)32-24-8-12-29-16-21(24)26-25(32)5-2-9-30-26/h1-16H. The van der Waals surface area contributed by atoms with Crippen molar-refractivity contribution in [2.24, 2.45) is 0 Å². The minimum atomic E-state index is 0.954. The Morgan fingerprint density at radius 1 is 0.500 bits per heavy atom. The van der Waals surface area contributed by atoms with E-state index < -0.39 is 0 Å². The molecule has 6 nitrogen and oxygen atoms in total. The van der Waals surface area contributed by atoms with Gasteiger partial charge in [0.05, 0.1) is 27.6 Å². The Morgan fingerprint density at radius 2 is 1.06 bits per heavy atom. The van der Waals surface area contributed by atoms with Crippen molar-refractivity contribution in [1.29, 1.82) is 0 Å².